The van der Waals surface area contributed by atoms with E-state index in [0.717, 1.165) is 5.56 Å². The molecule has 92 valence electrons. The minimum absolute atomic E-state index is 0.145. The molecule has 0 aromatic heterocycles. The van der Waals surface area contributed by atoms with Crippen LogP contribution in [0.2, 0.25) is 0 Å². The van der Waals surface area contributed by atoms with Gasteiger partial charge in [-0.1, -0.05) is 13.0 Å². The van der Waals surface area contributed by atoms with Gasteiger partial charge in [0.05, 0.1) is 11.1 Å². The number of carboxylic acid groups (broad SMARTS) is 2. The maximum absolute atomic E-state index is 11.1. The molecule has 0 radical (unpaired) electrons. The predicted octanol–water partition coefficient (Wildman–Crippen LogP) is 1.18. The van der Waals surface area contributed by atoms with Gasteiger partial charge in [0.1, 0.15) is 0 Å². The molecule has 1 aromatic carbocycles. The number of hydrogen-bond acceptors (Lipinski definition) is 3. The molecule has 0 aliphatic rings. The summed E-state index contributed by atoms with van der Waals surface area (Å²) in [4.78, 5) is 22.1. The molecule has 0 saturated carbocycles. The Morgan fingerprint density at radius 2 is 1.82 bits per heavy atom. The lowest BCUT2D eigenvalue weighted by Crippen LogP contribution is -2.14. The molecule has 1 aromatic rings. The van der Waals surface area contributed by atoms with Gasteiger partial charge in [-0.15, -0.1) is 0 Å². The Labute approximate surface area is 98.3 Å². The Bertz CT molecular complexity index is 450. The van der Waals surface area contributed by atoms with Crippen molar-refractivity contribution < 1.29 is 24.9 Å². The van der Waals surface area contributed by atoms with E-state index in [9.17, 15) is 9.59 Å². The van der Waals surface area contributed by atoms with Crippen molar-refractivity contribution in [3.63, 3.8) is 0 Å². The first-order valence-corrected chi connectivity index (χ1v) is 5.25. The molecule has 3 N–H and O–H groups in total. The first kappa shape index (κ1) is 13.2. The second-order valence-corrected chi connectivity index (χ2v) is 3.56. The van der Waals surface area contributed by atoms with E-state index in [-0.39, 0.29) is 24.2 Å². The summed E-state index contributed by atoms with van der Waals surface area (Å²) in [6.07, 6.45) is 0.738. The molecular formula is C12H14O5. The van der Waals surface area contributed by atoms with Crippen LogP contribution < -0.4 is 0 Å². The van der Waals surface area contributed by atoms with Gasteiger partial charge < -0.3 is 15.3 Å². The minimum Gasteiger partial charge on any atom is -0.478 e. The maximum atomic E-state index is 11.1. The number of aryl methyl sites for hydroxylation is 1. The third kappa shape index (κ3) is 2.62. The van der Waals surface area contributed by atoms with E-state index < -0.39 is 11.9 Å². The Hall–Kier alpha value is -1.88. The standard InChI is InChI=1S/C12H14O5/c1-2-7-3-4-9(11(14)15)10(12(16)17)8(7)5-6-13/h3-4,13H,2,5-6H2,1H3,(H,14,15)(H,16,17). The fourth-order valence-electron chi connectivity index (χ4n) is 1.84. The van der Waals surface area contributed by atoms with Gasteiger partial charge in [-0.25, -0.2) is 9.59 Å². The highest BCUT2D eigenvalue weighted by atomic mass is 16.4. The summed E-state index contributed by atoms with van der Waals surface area (Å²) < 4.78 is 0. The summed E-state index contributed by atoms with van der Waals surface area (Å²) in [5, 5.41) is 27.0. The van der Waals surface area contributed by atoms with Gasteiger partial charge in [-0.2, -0.15) is 0 Å². The molecule has 5 heteroatoms. The molecule has 17 heavy (non-hydrogen) atoms. The molecule has 0 atom stereocenters. The van der Waals surface area contributed by atoms with Crippen molar-refractivity contribution in [3.8, 4) is 0 Å². The van der Waals surface area contributed by atoms with Crippen molar-refractivity contribution in [3.05, 3.63) is 34.4 Å². The van der Waals surface area contributed by atoms with Crippen LogP contribution in [0, 0.1) is 0 Å². The normalized spacial score (nSPS) is 10.2. The van der Waals surface area contributed by atoms with Crippen molar-refractivity contribution in [2.45, 2.75) is 19.8 Å². The van der Waals surface area contributed by atoms with Crippen LogP contribution in [0.25, 0.3) is 0 Å². The van der Waals surface area contributed by atoms with Crippen molar-refractivity contribution in [2.24, 2.45) is 0 Å². The number of aliphatic hydroxyl groups is 1. The lowest BCUT2D eigenvalue weighted by Gasteiger charge is -2.12. The molecule has 0 aliphatic heterocycles. The Morgan fingerprint density at radius 1 is 1.18 bits per heavy atom. The van der Waals surface area contributed by atoms with Crippen LogP contribution in [0.15, 0.2) is 12.1 Å². The molecule has 0 bridgehead atoms. The van der Waals surface area contributed by atoms with E-state index in [4.69, 9.17) is 15.3 Å². The molecule has 5 nitrogen and oxygen atoms in total. The zero-order chi connectivity index (χ0) is 13.0. The van der Waals surface area contributed by atoms with Gasteiger partial charge in [0.15, 0.2) is 0 Å². The molecule has 0 unspecified atom stereocenters. The molecule has 1 rings (SSSR count). The highest BCUT2D eigenvalue weighted by Gasteiger charge is 2.21. The number of aliphatic hydroxyl groups excluding tert-OH is 1. The first-order valence-electron chi connectivity index (χ1n) is 5.25. The number of benzene rings is 1. The van der Waals surface area contributed by atoms with Crippen LogP contribution in [0.4, 0.5) is 0 Å². The topological polar surface area (TPSA) is 94.8 Å². The average molecular weight is 238 g/mol. The summed E-state index contributed by atoms with van der Waals surface area (Å²) in [7, 11) is 0. The molecule has 0 spiro atoms. The van der Waals surface area contributed by atoms with E-state index in [1.54, 1.807) is 6.07 Å². The van der Waals surface area contributed by atoms with Gasteiger partial charge in [-0.3, -0.25) is 0 Å². The van der Waals surface area contributed by atoms with E-state index in [2.05, 4.69) is 0 Å². The summed E-state index contributed by atoms with van der Waals surface area (Å²) in [6.45, 7) is 1.64. The summed E-state index contributed by atoms with van der Waals surface area (Å²) in [5.41, 5.74) is 0.702. The van der Waals surface area contributed by atoms with Crippen LogP contribution in [-0.4, -0.2) is 33.9 Å². The Morgan fingerprint density at radius 3 is 2.24 bits per heavy atom. The predicted molar refractivity (Wildman–Crippen MR) is 60.5 cm³/mol. The zero-order valence-corrected chi connectivity index (χ0v) is 9.43. The summed E-state index contributed by atoms with van der Waals surface area (Å²) in [6, 6.07) is 2.90. The average Bonchev–Trinajstić information content (AvgIpc) is 2.28. The number of carbonyl (C=O) groups is 2. The van der Waals surface area contributed by atoms with Crippen LogP contribution >= 0.6 is 0 Å². The van der Waals surface area contributed by atoms with Crippen molar-refractivity contribution in [2.75, 3.05) is 6.61 Å². The van der Waals surface area contributed by atoms with Crippen molar-refractivity contribution in [1.29, 1.82) is 0 Å². The monoisotopic (exact) mass is 238 g/mol. The quantitative estimate of drug-likeness (QED) is 0.716. The molecule has 0 saturated heterocycles. The maximum Gasteiger partial charge on any atom is 0.336 e. The molecule has 0 fully saturated rings. The van der Waals surface area contributed by atoms with Crippen LogP contribution in [-0.2, 0) is 12.8 Å². The van der Waals surface area contributed by atoms with Crippen LogP contribution in [0.5, 0.6) is 0 Å². The van der Waals surface area contributed by atoms with E-state index in [1.165, 1.54) is 6.07 Å². The van der Waals surface area contributed by atoms with Crippen LogP contribution in [0.1, 0.15) is 38.8 Å². The Kier molecular flexibility index (Phi) is 4.23. The molecule has 0 amide bonds. The van der Waals surface area contributed by atoms with Crippen molar-refractivity contribution >= 4 is 11.9 Å². The largest absolute Gasteiger partial charge is 0.478 e. The number of aromatic carboxylic acids is 2. The van der Waals surface area contributed by atoms with Gasteiger partial charge in [0.2, 0.25) is 0 Å². The third-order valence-corrected chi connectivity index (χ3v) is 2.60. The van der Waals surface area contributed by atoms with E-state index >= 15 is 0 Å². The van der Waals surface area contributed by atoms with Gasteiger partial charge in [0, 0.05) is 6.61 Å². The molecular weight excluding hydrogens is 224 g/mol. The second-order valence-electron chi connectivity index (χ2n) is 3.56. The van der Waals surface area contributed by atoms with Crippen molar-refractivity contribution in [1.82, 2.24) is 0 Å². The lowest BCUT2D eigenvalue weighted by molar-refractivity contribution is 0.0650. The second kappa shape index (κ2) is 5.45. The third-order valence-electron chi connectivity index (χ3n) is 2.60. The summed E-state index contributed by atoms with van der Waals surface area (Å²) in [5.74, 6) is -2.55. The fraction of sp³-hybridized carbons (Fsp3) is 0.333. The highest BCUT2D eigenvalue weighted by Crippen LogP contribution is 2.21. The molecule has 0 aliphatic carbocycles. The number of rotatable bonds is 5. The van der Waals surface area contributed by atoms with E-state index in [1.807, 2.05) is 6.92 Å². The van der Waals surface area contributed by atoms with Crippen LogP contribution in [0.3, 0.4) is 0 Å². The van der Waals surface area contributed by atoms with E-state index in [0.29, 0.717) is 12.0 Å². The van der Waals surface area contributed by atoms with Gasteiger partial charge >= 0.3 is 11.9 Å². The SMILES string of the molecule is CCc1ccc(C(=O)O)c(C(=O)O)c1CCO. The van der Waals surface area contributed by atoms with Gasteiger partial charge in [0.25, 0.3) is 0 Å². The smallest absolute Gasteiger partial charge is 0.336 e. The Balaban J connectivity index is 3.52. The first-order chi connectivity index (χ1) is 8.02. The van der Waals surface area contributed by atoms with Gasteiger partial charge in [-0.05, 0) is 30.0 Å². The number of hydrogen-bond donors (Lipinski definition) is 3. The minimum atomic E-state index is -1.28. The summed E-state index contributed by atoms with van der Waals surface area (Å²) >= 11 is 0. The molecule has 0 heterocycles. The fourth-order valence-corrected chi connectivity index (χ4v) is 1.84. The zero-order valence-electron chi connectivity index (χ0n) is 9.43. The number of carboxylic acids is 2. The highest BCUT2D eigenvalue weighted by molar-refractivity contribution is 6.03. The lowest BCUT2D eigenvalue weighted by atomic mass is 9.92.